The van der Waals surface area contributed by atoms with Crippen LogP contribution in [0, 0.1) is 0 Å². The van der Waals surface area contributed by atoms with Crippen molar-refractivity contribution in [2.24, 2.45) is 0 Å². The fourth-order valence-corrected chi connectivity index (χ4v) is 9.02. The third-order valence-corrected chi connectivity index (χ3v) is 14.0. The molecule has 0 amide bonds. The van der Waals surface area contributed by atoms with Crippen molar-refractivity contribution >= 4 is 17.9 Å². The molecule has 0 rings (SSSR count). The molecule has 6 nitrogen and oxygen atoms in total. The Morgan fingerprint density at radius 3 is 0.843 bits per heavy atom. The van der Waals surface area contributed by atoms with Gasteiger partial charge in [0, 0.05) is 12.8 Å². The van der Waals surface area contributed by atoms with E-state index < -0.39 is 12.1 Å². The van der Waals surface area contributed by atoms with Gasteiger partial charge in [0.2, 0.25) is 0 Å². The SMILES string of the molecule is CC/C=C\C/C=C\C/C=C\C/C=C\C/C=C\C/C=C\CCCCCCCCCCCCCCCCC(=O)OCC(COC(=O)C/C=C\C/C=C\C/C=C\C/C=C\C/C=C\CC)OC(=O)CCCCCCCCC/C=C\C/C=C\CCCCC. The first-order chi connectivity index (χ1) is 41.0. The van der Waals surface area contributed by atoms with Crippen LogP contribution in [0.3, 0.4) is 0 Å². The molecular formula is C77H124O6. The second-order valence-electron chi connectivity index (χ2n) is 22.0. The molecule has 0 N–H and O–H groups in total. The first-order valence-electron chi connectivity index (χ1n) is 34.0. The fourth-order valence-electron chi connectivity index (χ4n) is 9.02. The van der Waals surface area contributed by atoms with Crippen molar-refractivity contribution in [3.8, 4) is 0 Å². The summed E-state index contributed by atoms with van der Waals surface area (Å²) < 4.78 is 16.8. The molecule has 1 unspecified atom stereocenters. The minimum atomic E-state index is -0.829. The first kappa shape index (κ1) is 78.0. The monoisotopic (exact) mass is 1140 g/mol. The standard InChI is InChI=1S/C77H124O6/c1-4-7-10-13-16-19-22-25-28-30-31-32-33-34-35-36-37-38-39-40-41-42-43-44-45-47-49-52-55-58-61-64-67-70-76(79)82-73-74(72-81-75(78)69-66-63-60-57-54-51-48-27-24-21-18-15-12-9-6-3)83-77(80)71-68-65-62-59-56-53-50-46-29-26-23-20-17-14-11-8-5-2/h7,9-10,12,16-21,25-29,31-32,34-35,37-38,48,54,57,63,66,74H,4-6,8,11,13-15,22-24,30,33,36,39-47,49-53,55-56,58-62,64-65,67-73H2,1-3H3/b10-7-,12-9-,19-16-,20-17-,21-18-,28-25-,29-26-,32-31-,35-34-,38-37-,48-27-,57-54-,66-63-. The summed E-state index contributed by atoms with van der Waals surface area (Å²) in [6.07, 6.45) is 101. The Hall–Kier alpha value is -4.97. The molecule has 468 valence electrons. The predicted molar refractivity (Wildman–Crippen MR) is 362 cm³/mol. The molecule has 0 aliphatic carbocycles. The second-order valence-corrected chi connectivity index (χ2v) is 22.0. The molecule has 0 radical (unpaired) electrons. The van der Waals surface area contributed by atoms with Crippen molar-refractivity contribution in [3.63, 3.8) is 0 Å². The molecule has 0 bridgehead atoms. The summed E-state index contributed by atoms with van der Waals surface area (Å²) in [5.41, 5.74) is 0. The van der Waals surface area contributed by atoms with Crippen LogP contribution in [0.25, 0.3) is 0 Å². The van der Waals surface area contributed by atoms with Crippen LogP contribution < -0.4 is 0 Å². The number of carbonyl (C=O) groups excluding carboxylic acids is 3. The van der Waals surface area contributed by atoms with Gasteiger partial charge in [0.15, 0.2) is 6.10 Å². The minimum absolute atomic E-state index is 0.116. The number of rotatable bonds is 60. The number of allylic oxidation sites excluding steroid dienone is 25. The fraction of sp³-hybridized carbons (Fsp3) is 0.623. The molecule has 83 heavy (non-hydrogen) atoms. The molecule has 0 aliphatic heterocycles. The Morgan fingerprint density at radius 2 is 0.518 bits per heavy atom. The van der Waals surface area contributed by atoms with Crippen LogP contribution in [0.4, 0.5) is 0 Å². The second kappa shape index (κ2) is 69.5. The number of carbonyl (C=O) groups is 3. The summed E-state index contributed by atoms with van der Waals surface area (Å²) in [7, 11) is 0. The summed E-state index contributed by atoms with van der Waals surface area (Å²) >= 11 is 0. The highest BCUT2D eigenvalue weighted by Gasteiger charge is 2.19. The summed E-state index contributed by atoms with van der Waals surface area (Å²) in [6, 6.07) is 0. The van der Waals surface area contributed by atoms with E-state index in [9.17, 15) is 14.4 Å². The maximum absolute atomic E-state index is 12.9. The molecule has 0 aromatic heterocycles. The van der Waals surface area contributed by atoms with Crippen LogP contribution in [0.2, 0.25) is 0 Å². The van der Waals surface area contributed by atoms with Gasteiger partial charge in [-0.05, 0) is 128 Å². The smallest absolute Gasteiger partial charge is 0.309 e. The van der Waals surface area contributed by atoms with Crippen molar-refractivity contribution in [2.75, 3.05) is 13.2 Å². The molecule has 6 heteroatoms. The normalized spacial score (nSPS) is 13.1. The summed E-state index contributed by atoms with van der Waals surface area (Å²) in [6.45, 7) is 6.30. The molecule has 0 saturated carbocycles. The number of hydrogen-bond acceptors (Lipinski definition) is 6. The third-order valence-electron chi connectivity index (χ3n) is 14.0. The summed E-state index contributed by atoms with van der Waals surface area (Å²) in [5, 5.41) is 0. The van der Waals surface area contributed by atoms with Crippen LogP contribution in [-0.4, -0.2) is 37.2 Å². The van der Waals surface area contributed by atoms with Crippen molar-refractivity contribution in [1.29, 1.82) is 0 Å². The zero-order valence-corrected chi connectivity index (χ0v) is 53.7. The minimum Gasteiger partial charge on any atom is -0.462 e. The lowest BCUT2D eigenvalue weighted by molar-refractivity contribution is -0.166. The highest BCUT2D eigenvalue weighted by molar-refractivity contribution is 5.72. The van der Waals surface area contributed by atoms with Crippen LogP contribution in [-0.2, 0) is 28.6 Å². The van der Waals surface area contributed by atoms with E-state index in [0.717, 1.165) is 122 Å². The average molecular weight is 1150 g/mol. The summed E-state index contributed by atoms with van der Waals surface area (Å²) in [5.74, 6) is -1.06. The van der Waals surface area contributed by atoms with Gasteiger partial charge >= 0.3 is 17.9 Å². The average Bonchev–Trinajstić information content (AvgIpc) is 3.49. The van der Waals surface area contributed by atoms with E-state index in [4.69, 9.17) is 14.2 Å². The van der Waals surface area contributed by atoms with Gasteiger partial charge in [0.05, 0.1) is 6.42 Å². The molecule has 0 saturated heterocycles. The highest BCUT2D eigenvalue weighted by Crippen LogP contribution is 2.16. The quantitative estimate of drug-likeness (QED) is 0.0261. The zero-order valence-electron chi connectivity index (χ0n) is 53.7. The number of hydrogen-bond donors (Lipinski definition) is 0. The number of esters is 3. The summed E-state index contributed by atoms with van der Waals surface area (Å²) in [4.78, 5) is 38.3. The van der Waals surface area contributed by atoms with E-state index in [-0.39, 0.29) is 31.6 Å². The van der Waals surface area contributed by atoms with Crippen molar-refractivity contribution < 1.29 is 28.6 Å². The third kappa shape index (κ3) is 67.7. The van der Waals surface area contributed by atoms with E-state index in [2.05, 4.69) is 167 Å². The molecular weight excluding hydrogens is 1020 g/mol. The lowest BCUT2D eigenvalue weighted by Crippen LogP contribution is -2.30. The van der Waals surface area contributed by atoms with Gasteiger partial charge in [0.1, 0.15) is 13.2 Å². The van der Waals surface area contributed by atoms with Crippen LogP contribution >= 0.6 is 0 Å². The topological polar surface area (TPSA) is 78.9 Å². The van der Waals surface area contributed by atoms with Gasteiger partial charge in [-0.25, -0.2) is 0 Å². The molecule has 0 spiro atoms. The Morgan fingerprint density at radius 1 is 0.265 bits per heavy atom. The van der Waals surface area contributed by atoms with Crippen molar-refractivity contribution in [2.45, 2.75) is 297 Å². The number of unbranched alkanes of at least 4 members (excludes halogenated alkanes) is 24. The Labute approximate surface area is 511 Å². The maximum Gasteiger partial charge on any atom is 0.309 e. The first-order valence-corrected chi connectivity index (χ1v) is 34.0. The number of ether oxygens (including phenoxy) is 3. The molecule has 0 aromatic rings. The van der Waals surface area contributed by atoms with E-state index in [1.807, 2.05) is 6.08 Å². The maximum atomic E-state index is 12.9. The van der Waals surface area contributed by atoms with Gasteiger partial charge < -0.3 is 14.2 Å². The zero-order chi connectivity index (χ0) is 59.9. The van der Waals surface area contributed by atoms with E-state index >= 15 is 0 Å². The van der Waals surface area contributed by atoms with Gasteiger partial charge in [-0.1, -0.05) is 301 Å². The molecule has 0 aliphatic rings. The largest absolute Gasteiger partial charge is 0.462 e. The predicted octanol–water partition coefficient (Wildman–Crippen LogP) is 23.7. The molecule has 0 fully saturated rings. The Bertz CT molecular complexity index is 1840. The van der Waals surface area contributed by atoms with Gasteiger partial charge in [-0.3, -0.25) is 14.4 Å². The molecule has 0 aromatic carbocycles. The Kier molecular flexibility index (Phi) is 65.4. The highest BCUT2D eigenvalue weighted by atomic mass is 16.6. The molecule has 0 heterocycles. The van der Waals surface area contributed by atoms with Gasteiger partial charge in [-0.2, -0.15) is 0 Å². The van der Waals surface area contributed by atoms with Crippen molar-refractivity contribution in [1.82, 2.24) is 0 Å². The van der Waals surface area contributed by atoms with Gasteiger partial charge in [0.25, 0.3) is 0 Å². The van der Waals surface area contributed by atoms with Gasteiger partial charge in [-0.15, -0.1) is 0 Å². The van der Waals surface area contributed by atoms with Crippen molar-refractivity contribution in [3.05, 3.63) is 158 Å². The van der Waals surface area contributed by atoms with Crippen LogP contribution in [0.5, 0.6) is 0 Å². The van der Waals surface area contributed by atoms with E-state index in [1.165, 1.54) is 128 Å². The van der Waals surface area contributed by atoms with Crippen LogP contribution in [0.1, 0.15) is 290 Å². The van der Waals surface area contributed by atoms with Crippen LogP contribution in [0.15, 0.2) is 158 Å². The lowest BCUT2D eigenvalue weighted by atomic mass is 10.0. The molecule has 1 atom stereocenters. The Balaban J connectivity index is 4.32. The lowest BCUT2D eigenvalue weighted by Gasteiger charge is -2.18. The van der Waals surface area contributed by atoms with E-state index in [1.54, 1.807) is 6.08 Å². The van der Waals surface area contributed by atoms with E-state index in [0.29, 0.717) is 12.8 Å².